The molecule has 0 N–H and O–H groups in total. The van der Waals surface area contributed by atoms with Crippen molar-refractivity contribution < 1.29 is 0 Å². The Labute approximate surface area is 207 Å². The van der Waals surface area contributed by atoms with Gasteiger partial charge in [-0.1, -0.05) is 36.8 Å². The van der Waals surface area contributed by atoms with E-state index in [4.69, 9.17) is 5.10 Å². The Morgan fingerprint density at radius 1 is 0.829 bits per heavy atom. The highest BCUT2D eigenvalue weighted by Gasteiger charge is 2.46. The minimum atomic E-state index is -0.181. The lowest BCUT2D eigenvalue weighted by atomic mass is 9.84. The highest BCUT2D eigenvalue weighted by atomic mass is 15.6. The van der Waals surface area contributed by atoms with Crippen LogP contribution in [-0.4, -0.2) is 85.3 Å². The monoisotopic (exact) mass is 473 g/mol. The quantitative estimate of drug-likeness (QED) is 0.541. The van der Waals surface area contributed by atoms with Gasteiger partial charge in [-0.15, -0.1) is 5.10 Å². The van der Waals surface area contributed by atoms with E-state index in [0.29, 0.717) is 6.54 Å². The third-order valence-corrected chi connectivity index (χ3v) is 8.28. The SMILES string of the molecule is c1ccc(Cn2nnnc2C2(N3CCCN(C4CCC4)CC3)CCN(c3ncccn3)CC2)cc1. The smallest absolute Gasteiger partial charge is 0.225 e. The van der Waals surface area contributed by atoms with Crippen molar-refractivity contribution in [1.29, 1.82) is 0 Å². The molecule has 2 saturated heterocycles. The molecule has 4 heterocycles. The fourth-order valence-corrected chi connectivity index (χ4v) is 6.10. The summed E-state index contributed by atoms with van der Waals surface area (Å²) < 4.78 is 2.04. The molecule has 3 aliphatic rings. The van der Waals surface area contributed by atoms with Crippen LogP contribution in [0.5, 0.6) is 0 Å². The molecule has 6 rings (SSSR count). The molecule has 0 spiro atoms. The van der Waals surface area contributed by atoms with Crippen LogP contribution >= 0.6 is 0 Å². The zero-order valence-corrected chi connectivity index (χ0v) is 20.4. The highest BCUT2D eigenvalue weighted by Crippen LogP contribution is 2.39. The molecule has 0 atom stereocenters. The van der Waals surface area contributed by atoms with Crippen LogP contribution in [0, 0.1) is 0 Å². The highest BCUT2D eigenvalue weighted by molar-refractivity contribution is 5.31. The van der Waals surface area contributed by atoms with Crippen molar-refractivity contribution in [2.45, 2.75) is 56.7 Å². The lowest BCUT2D eigenvalue weighted by molar-refractivity contribution is 0.0459. The number of aromatic nitrogens is 6. The third kappa shape index (κ3) is 4.54. The van der Waals surface area contributed by atoms with Gasteiger partial charge in [-0.2, -0.15) is 0 Å². The Bertz CT molecular complexity index is 1070. The zero-order chi connectivity index (χ0) is 23.5. The normalized spacial score (nSPS) is 22.0. The number of anilines is 1. The van der Waals surface area contributed by atoms with Gasteiger partial charge in [0, 0.05) is 51.2 Å². The summed E-state index contributed by atoms with van der Waals surface area (Å²) in [5, 5.41) is 13.4. The number of tetrazole rings is 1. The van der Waals surface area contributed by atoms with E-state index in [-0.39, 0.29) is 5.54 Å². The zero-order valence-electron chi connectivity index (χ0n) is 20.4. The molecule has 1 aromatic carbocycles. The summed E-state index contributed by atoms with van der Waals surface area (Å²) >= 11 is 0. The lowest BCUT2D eigenvalue weighted by Gasteiger charge is -2.47. The predicted molar refractivity (Wildman–Crippen MR) is 134 cm³/mol. The van der Waals surface area contributed by atoms with Crippen molar-refractivity contribution in [2.24, 2.45) is 0 Å². The van der Waals surface area contributed by atoms with Crippen LogP contribution in [0.2, 0.25) is 0 Å². The molecular weight excluding hydrogens is 438 g/mol. The van der Waals surface area contributed by atoms with Crippen molar-refractivity contribution in [3.63, 3.8) is 0 Å². The van der Waals surface area contributed by atoms with Crippen molar-refractivity contribution >= 4 is 5.95 Å². The van der Waals surface area contributed by atoms with Crippen molar-refractivity contribution in [3.8, 4) is 0 Å². The molecule has 1 saturated carbocycles. The van der Waals surface area contributed by atoms with E-state index < -0.39 is 0 Å². The Hall–Kier alpha value is -2.91. The Morgan fingerprint density at radius 2 is 1.63 bits per heavy atom. The number of hydrogen-bond donors (Lipinski definition) is 0. The maximum atomic E-state index is 4.69. The summed E-state index contributed by atoms with van der Waals surface area (Å²) in [4.78, 5) is 16.8. The number of rotatable bonds is 6. The molecule has 2 aliphatic heterocycles. The van der Waals surface area contributed by atoms with Gasteiger partial charge in [0.05, 0.1) is 12.1 Å². The molecule has 184 valence electrons. The molecule has 35 heavy (non-hydrogen) atoms. The topological polar surface area (TPSA) is 79.1 Å². The first-order valence-electron chi connectivity index (χ1n) is 13.1. The first-order valence-corrected chi connectivity index (χ1v) is 13.1. The minimum Gasteiger partial charge on any atom is -0.341 e. The molecule has 0 unspecified atom stereocenters. The van der Waals surface area contributed by atoms with E-state index in [9.17, 15) is 0 Å². The van der Waals surface area contributed by atoms with Crippen molar-refractivity contribution in [3.05, 3.63) is 60.2 Å². The maximum absolute atomic E-state index is 4.69. The van der Waals surface area contributed by atoms with Gasteiger partial charge in [-0.25, -0.2) is 14.6 Å². The molecule has 0 amide bonds. The lowest BCUT2D eigenvalue weighted by Crippen LogP contribution is -2.56. The average molecular weight is 474 g/mol. The van der Waals surface area contributed by atoms with Gasteiger partial charge in [-0.3, -0.25) is 9.80 Å². The minimum absolute atomic E-state index is 0.181. The van der Waals surface area contributed by atoms with Gasteiger partial charge in [0.25, 0.3) is 0 Å². The Kier molecular flexibility index (Phi) is 6.43. The van der Waals surface area contributed by atoms with E-state index >= 15 is 0 Å². The molecule has 1 aliphatic carbocycles. The van der Waals surface area contributed by atoms with E-state index in [1.165, 1.54) is 37.8 Å². The van der Waals surface area contributed by atoms with Gasteiger partial charge in [-0.05, 0) is 60.7 Å². The first kappa shape index (κ1) is 22.5. The van der Waals surface area contributed by atoms with E-state index in [2.05, 4.69) is 65.4 Å². The fourth-order valence-electron chi connectivity index (χ4n) is 6.10. The summed E-state index contributed by atoms with van der Waals surface area (Å²) in [7, 11) is 0. The molecule has 0 radical (unpaired) electrons. The standard InChI is InChI=1S/C26H35N9/c1-2-7-22(8-3-1)21-35-24(29-30-31-35)26(11-17-33(18-12-26)25-27-13-5-14-28-25)34-16-6-15-32(19-20-34)23-9-4-10-23/h1-3,5,7-8,13-14,23H,4,6,9-12,15-21H2. The number of hydrogen-bond acceptors (Lipinski definition) is 8. The third-order valence-electron chi connectivity index (χ3n) is 8.28. The van der Waals surface area contributed by atoms with Crippen molar-refractivity contribution in [2.75, 3.05) is 44.2 Å². The number of nitrogens with zero attached hydrogens (tertiary/aromatic N) is 9. The summed E-state index contributed by atoms with van der Waals surface area (Å²) in [5.41, 5.74) is 1.04. The molecular formula is C26H35N9. The summed E-state index contributed by atoms with van der Waals surface area (Å²) in [6, 6.07) is 13.2. The van der Waals surface area contributed by atoms with Crippen LogP contribution in [-0.2, 0) is 12.1 Å². The molecule has 9 nitrogen and oxygen atoms in total. The van der Waals surface area contributed by atoms with Gasteiger partial charge < -0.3 is 4.90 Å². The fraction of sp³-hybridized carbons (Fsp3) is 0.577. The van der Waals surface area contributed by atoms with Crippen LogP contribution in [0.1, 0.15) is 49.9 Å². The molecule has 2 aromatic heterocycles. The summed E-state index contributed by atoms with van der Waals surface area (Å²) in [5.74, 6) is 1.82. The van der Waals surface area contributed by atoms with Gasteiger partial charge >= 0.3 is 0 Å². The van der Waals surface area contributed by atoms with Gasteiger partial charge in [0.15, 0.2) is 5.82 Å². The summed E-state index contributed by atoms with van der Waals surface area (Å²) in [6.07, 6.45) is 10.9. The molecule has 0 bridgehead atoms. The first-order chi connectivity index (χ1) is 17.3. The van der Waals surface area contributed by atoms with Gasteiger partial charge in [0.2, 0.25) is 5.95 Å². The van der Waals surface area contributed by atoms with E-state index in [1.54, 1.807) is 0 Å². The summed E-state index contributed by atoms with van der Waals surface area (Å²) in [6.45, 7) is 6.97. The van der Waals surface area contributed by atoms with Crippen LogP contribution in [0.15, 0.2) is 48.8 Å². The second-order valence-electron chi connectivity index (χ2n) is 10.2. The van der Waals surface area contributed by atoms with E-state index in [0.717, 1.165) is 63.4 Å². The molecule has 3 fully saturated rings. The Morgan fingerprint density at radius 3 is 2.37 bits per heavy atom. The number of piperidine rings is 1. The van der Waals surface area contributed by atoms with Gasteiger partial charge in [0.1, 0.15) is 0 Å². The number of benzene rings is 1. The molecule has 9 heteroatoms. The van der Waals surface area contributed by atoms with Crippen LogP contribution < -0.4 is 4.90 Å². The Balaban J connectivity index is 1.28. The average Bonchev–Trinajstić information content (AvgIpc) is 3.21. The van der Waals surface area contributed by atoms with Crippen LogP contribution in [0.4, 0.5) is 5.95 Å². The van der Waals surface area contributed by atoms with Crippen LogP contribution in [0.25, 0.3) is 0 Å². The second kappa shape index (κ2) is 9.99. The molecule has 3 aromatic rings. The predicted octanol–water partition coefficient (Wildman–Crippen LogP) is 2.57. The second-order valence-corrected chi connectivity index (χ2v) is 10.2. The van der Waals surface area contributed by atoms with Crippen LogP contribution in [0.3, 0.4) is 0 Å². The van der Waals surface area contributed by atoms with E-state index in [1.807, 2.05) is 23.1 Å². The van der Waals surface area contributed by atoms with Crippen molar-refractivity contribution in [1.82, 2.24) is 40.0 Å². The largest absolute Gasteiger partial charge is 0.341 e. The maximum Gasteiger partial charge on any atom is 0.225 e.